The second-order valence-corrected chi connectivity index (χ2v) is 8.40. The van der Waals surface area contributed by atoms with Gasteiger partial charge in [0.15, 0.2) is 0 Å². The number of carbonyl (C=O) groups is 1. The number of halogens is 2. The van der Waals surface area contributed by atoms with Crippen molar-refractivity contribution in [3.05, 3.63) is 78.4 Å². The number of carbonyl (C=O) groups excluding carboxylic acids is 1. The van der Waals surface area contributed by atoms with Gasteiger partial charge in [0.2, 0.25) is 5.91 Å². The van der Waals surface area contributed by atoms with Crippen LogP contribution < -0.4 is 19.1 Å². The fourth-order valence-electron chi connectivity index (χ4n) is 2.92. The van der Waals surface area contributed by atoms with Gasteiger partial charge in [-0.1, -0.05) is 18.2 Å². The van der Waals surface area contributed by atoms with E-state index in [0.29, 0.717) is 11.8 Å². The molecular weight excluding hydrogens is 442 g/mol. The van der Waals surface area contributed by atoms with Crippen LogP contribution in [0.5, 0.6) is 11.5 Å². The minimum absolute atomic E-state index is 0.0568. The van der Waals surface area contributed by atoms with E-state index in [2.05, 4.69) is 5.32 Å². The molecule has 0 spiro atoms. The summed E-state index contributed by atoms with van der Waals surface area (Å²) in [5, 5.41) is 2.27. The standard InChI is InChI=1S/C22H20F2N2O5S/c1-30-16-9-11-20(21(13-16)31-2)26(32(28,29)17-6-4-3-5-7-17)14-22(27)25-19-10-8-15(23)12-18(19)24/h3-13H,14H2,1-2H3,(H,25,27). The average molecular weight is 462 g/mol. The maximum Gasteiger partial charge on any atom is 0.264 e. The molecule has 1 amide bonds. The minimum Gasteiger partial charge on any atom is -0.497 e. The van der Waals surface area contributed by atoms with Gasteiger partial charge >= 0.3 is 0 Å². The first-order valence-electron chi connectivity index (χ1n) is 9.31. The Kier molecular flexibility index (Phi) is 6.94. The maximum absolute atomic E-state index is 14.0. The Labute approximate surface area is 184 Å². The van der Waals surface area contributed by atoms with Crippen LogP contribution >= 0.6 is 0 Å². The maximum atomic E-state index is 14.0. The molecule has 7 nitrogen and oxygen atoms in total. The van der Waals surface area contributed by atoms with Gasteiger partial charge in [-0.05, 0) is 36.4 Å². The second-order valence-electron chi connectivity index (χ2n) is 6.53. The zero-order chi connectivity index (χ0) is 23.3. The number of amides is 1. The summed E-state index contributed by atoms with van der Waals surface area (Å²) in [6.45, 7) is -0.698. The molecule has 1 N–H and O–H groups in total. The summed E-state index contributed by atoms with van der Waals surface area (Å²) in [5.41, 5.74) is -0.206. The van der Waals surface area contributed by atoms with Gasteiger partial charge in [0.1, 0.15) is 29.7 Å². The molecule has 0 radical (unpaired) electrons. The first kappa shape index (κ1) is 23.0. The number of nitrogens with zero attached hydrogens (tertiary/aromatic N) is 1. The van der Waals surface area contributed by atoms with Gasteiger partial charge < -0.3 is 14.8 Å². The van der Waals surface area contributed by atoms with E-state index in [1.807, 2.05) is 0 Å². The number of rotatable bonds is 8. The van der Waals surface area contributed by atoms with Crippen molar-refractivity contribution in [3.8, 4) is 11.5 Å². The molecule has 0 atom stereocenters. The van der Waals surface area contributed by atoms with Crippen molar-refractivity contribution in [1.82, 2.24) is 0 Å². The van der Waals surface area contributed by atoms with Gasteiger partial charge in [0.25, 0.3) is 10.0 Å². The molecule has 3 rings (SSSR count). The lowest BCUT2D eigenvalue weighted by atomic mass is 10.2. The van der Waals surface area contributed by atoms with Crippen molar-refractivity contribution in [2.24, 2.45) is 0 Å². The summed E-state index contributed by atoms with van der Waals surface area (Å²) in [5.74, 6) is -2.08. The third kappa shape index (κ3) is 4.97. The van der Waals surface area contributed by atoms with Gasteiger partial charge in [-0.25, -0.2) is 17.2 Å². The number of nitrogens with one attached hydrogen (secondary N) is 1. The van der Waals surface area contributed by atoms with Crippen LogP contribution in [0.1, 0.15) is 0 Å². The predicted molar refractivity (Wildman–Crippen MR) is 116 cm³/mol. The Morgan fingerprint density at radius 2 is 1.69 bits per heavy atom. The Morgan fingerprint density at radius 1 is 0.969 bits per heavy atom. The highest BCUT2D eigenvalue weighted by Crippen LogP contribution is 2.35. The van der Waals surface area contributed by atoms with Gasteiger partial charge in [-0.2, -0.15) is 0 Å². The topological polar surface area (TPSA) is 84.9 Å². The molecule has 0 aliphatic rings. The van der Waals surface area contributed by atoms with Crippen LogP contribution in [-0.4, -0.2) is 35.1 Å². The average Bonchev–Trinajstić information content (AvgIpc) is 2.79. The predicted octanol–water partition coefficient (Wildman–Crippen LogP) is 3.82. The van der Waals surface area contributed by atoms with Crippen LogP contribution in [0.4, 0.5) is 20.2 Å². The van der Waals surface area contributed by atoms with Crippen LogP contribution in [0.25, 0.3) is 0 Å². The Balaban J connectivity index is 2.02. The normalized spacial score (nSPS) is 11.0. The van der Waals surface area contributed by atoms with Gasteiger partial charge in [-0.15, -0.1) is 0 Å². The van der Waals surface area contributed by atoms with E-state index in [1.165, 1.54) is 44.6 Å². The SMILES string of the molecule is COc1ccc(N(CC(=O)Nc2ccc(F)cc2F)S(=O)(=O)c2ccccc2)c(OC)c1. The van der Waals surface area contributed by atoms with Crippen molar-refractivity contribution >= 4 is 27.3 Å². The third-order valence-electron chi connectivity index (χ3n) is 4.48. The van der Waals surface area contributed by atoms with Crippen molar-refractivity contribution in [2.75, 3.05) is 30.4 Å². The minimum atomic E-state index is -4.21. The van der Waals surface area contributed by atoms with E-state index < -0.39 is 34.1 Å². The first-order chi connectivity index (χ1) is 15.3. The van der Waals surface area contributed by atoms with Crippen LogP contribution in [0, 0.1) is 11.6 Å². The lowest BCUT2D eigenvalue weighted by molar-refractivity contribution is -0.114. The number of anilines is 2. The third-order valence-corrected chi connectivity index (χ3v) is 6.25. The highest BCUT2D eigenvalue weighted by molar-refractivity contribution is 7.92. The number of methoxy groups -OCH3 is 2. The molecule has 0 saturated heterocycles. The smallest absolute Gasteiger partial charge is 0.264 e. The van der Waals surface area contributed by atoms with Crippen molar-refractivity contribution < 1.29 is 31.5 Å². The molecule has 0 aliphatic carbocycles. The van der Waals surface area contributed by atoms with E-state index in [0.717, 1.165) is 16.4 Å². The van der Waals surface area contributed by atoms with Gasteiger partial charge in [0.05, 0.1) is 30.5 Å². The molecule has 0 aliphatic heterocycles. The summed E-state index contributed by atoms with van der Waals surface area (Å²) < 4.78 is 65.2. The summed E-state index contributed by atoms with van der Waals surface area (Å²) in [7, 11) is -1.42. The quantitative estimate of drug-likeness (QED) is 0.550. The molecule has 0 saturated carbocycles. The van der Waals surface area contributed by atoms with Gasteiger partial charge in [0, 0.05) is 12.1 Å². The molecule has 0 heterocycles. The van der Waals surface area contributed by atoms with Crippen LogP contribution in [0.3, 0.4) is 0 Å². The van der Waals surface area contributed by atoms with E-state index >= 15 is 0 Å². The van der Waals surface area contributed by atoms with Gasteiger partial charge in [-0.3, -0.25) is 9.10 Å². The van der Waals surface area contributed by atoms with Crippen LogP contribution in [0.15, 0.2) is 71.6 Å². The molecule has 3 aromatic carbocycles. The van der Waals surface area contributed by atoms with Crippen molar-refractivity contribution in [2.45, 2.75) is 4.90 Å². The highest BCUT2D eigenvalue weighted by Gasteiger charge is 2.30. The number of ether oxygens (including phenoxy) is 2. The number of sulfonamides is 1. The number of hydrogen-bond donors (Lipinski definition) is 1. The number of benzene rings is 3. The summed E-state index contributed by atoms with van der Waals surface area (Å²) >= 11 is 0. The fourth-order valence-corrected chi connectivity index (χ4v) is 4.37. The Bertz CT molecular complexity index is 1220. The summed E-state index contributed by atoms with van der Waals surface area (Å²) in [4.78, 5) is 12.6. The van der Waals surface area contributed by atoms with E-state index in [1.54, 1.807) is 18.2 Å². The molecule has 10 heteroatoms. The molecule has 3 aromatic rings. The lowest BCUT2D eigenvalue weighted by Gasteiger charge is -2.26. The zero-order valence-electron chi connectivity index (χ0n) is 17.2. The molecule has 0 bridgehead atoms. The van der Waals surface area contributed by atoms with Crippen molar-refractivity contribution in [3.63, 3.8) is 0 Å². The fraction of sp³-hybridized carbons (Fsp3) is 0.136. The molecule has 32 heavy (non-hydrogen) atoms. The monoisotopic (exact) mass is 462 g/mol. The van der Waals surface area contributed by atoms with E-state index in [4.69, 9.17) is 9.47 Å². The molecule has 168 valence electrons. The molecule has 0 unspecified atom stereocenters. The van der Waals surface area contributed by atoms with Crippen LogP contribution in [-0.2, 0) is 14.8 Å². The first-order valence-corrected chi connectivity index (χ1v) is 10.7. The van der Waals surface area contributed by atoms with Crippen molar-refractivity contribution in [1.29, 1.82) is 0 Å². The molecular formula is C22H20F2N2O5S. The van der Waals surface area contributed by atoms with E-state index in [9.17, 15) is 22.0 Å². The van der Waals surface area contributed by atoms with E-state index in [-0.39, 0.29) is 22.0 Å². The molecule has 0 fully saturated rings. The lowest BCUT2D eigenvalue weighted by Crippen LogP contribution is -2.38. The zero-order valence-corrected chi connectivity index (χ0v) is 18.0. The number of hydrogen-bond acceptors (Lipinski definition) is 5. The van der Waals surface area contributed by atoms with Crippen LogP contribution in [0.2, 0.25) is 0 Å². The summed E-state index contributed by atoms with van der Waals surface area (Å²) in [6.07, 6.45) is 0. The largest absolute Gasteiger partial charge is 0.497 e. The summed E-state index contributed by atoms with van der Waals surface area (Å²) in [6, 6.07) is 14.6. The second kappa shape index (κ2) is 9.65. The Morgan fingerprint density at radius 3 is 2.31 bits per heavy atom. The molecule has 0 aromatic heterocycles. The Hall–Kier alpha value is -3.66. The highest BCUT2D eigenvalue weighted by atomic mass is 32.2.